The molecule has 4 nitrogen and oxygen atoms in total. The number of hydrogen-bond acceptors (Lipinski definition) is 3. The molecule has 1 aromatic heterocycles. The molecule has 0 bridgehead atoms. The number of nitrogens with one attached hydrogen (secondary N) is 1. The van der Waals surface area contributed by atoms with Crippen molar-refractivity contribution in [3.63, 3.8) is 0 Å². The van der Waals surface area contributed by atoms with Crippen LogP contribution in [-0.4, -0.2) is 16.5 Å². The maximum Gasteiger partial charge on any atom is 0.251 e. The fourth-order valence-corrected chi connectivity index (χ4v) is 1.62. The highest BCUT2D eigenvalue weighted by Gasteiger charge is 2.26. The van der Waals surface area contributed by atoms with Crippen LogP contribution in [0.3, 0.4) is 0 Å². The summed E-state index contributed by atoms with van der Waals surface area (Å²) in [6, 6.07) is 1.58. The van der Waals surface area contributed by atoms with Crippen LogP contribution in [0, 0.1) is 5.92 Å². The Hall–Kier alpha value is -1.16. The normalized spacial score (nSPS) is 17.7. The van der Waals surface area contributed by atoms with Crippen molar-refractivity contribution in [2.45, 2.75) is 32.1 Å². The van der Waals surface area contributed by atoms with Gasteiger partial charge in [-0.05, 0) is 31.7 Å². The van der Waals surface area contributed by atoms with Gasteiger partial charge in [-0.3, -0.25) is 4.79 Å². The van der Waals surface area contributed by atoms with Crippen LogP contribution in [-0.2, 0) is 6.42 Å². The third-order valence-electron chi connectivity index (χ3n) is 2.74. The Morgan fingerprint density at radius 2 is 2.40 bits per heavy atom. The number of nitrogens with zero attached hydrogens (tertiary/aromatic N) is 1. The van der Waals surface area contributed by atoms with Gasteiger partial charge in [0.25, 0.3) is 5.56 Å². The predicted molar refractivity (Wildman–Crippen MR) is 58.8 cm³/mol. The highest BCUT2D eigenvalue weighted by molar-refractivity contribution is 5.10. The Morgan fingerprint density at radius 1 is 1.67 bits per heavy atom. The summed E-state index contributed by atoms with van der Waals surface area (Å²) in [5.74, 6) is 1.74. The molecule has 1 saturated carbocycles. The average Bonchev–Trinajstić information content (AvgIpc) is 2.99. The zero-order chi connectivity index (χ0) is 10.8. The lowest BCUT2D eigenvalue weighted by Crippen LogP contribution is -2.17. The Balaban J connectivity index is 2.19. The standard InChI is InChI=1S/C11H17N3O/c1-7(6-12)4-9-5-10(15)14-11(13-9)8-2-3-8/h5,7-8H,2-4,6,12H2,1H3,(H,13,14,15). The molecule has 1 aliphatic carbocycles. The van der Waals surface area contributed by atoms with Crippen molar-refractivity contribution in [1.29, 1.82) is 0 Å². The molecule has 0 saturated heterocycles. The Morgan fingerprint density at radius 3 is 3.00 bits per heavy atom. The van der Waals surface area contributed by atoms with Crippen LogP contribution in [0.2, 0.25) is 0 Å². The summed E-state index contributed by atoms with van der Waals surface area (Å²) < 4.78 is 0. The van der Waals surface area contributed by atoms with Crippen molar-refractivity contribution in [1.82, 2.24) is 9.97 Å². The van der Waals surface area contributed by atoms with E-state index in [-0.39, 0.29) is 5.56 Å². The van der Waals surface area contributed by atoms with Crippen LogP contribution in [0.25, 0.3) is 0 Å². The molecule has 1 heterocycles. The maximum atomic E-state index is 11.4. The van der Waals surface area contributed by atoms with Crippen LogP contribution in [0.4, 0.5) is 0 Å². The van der Waals surface area contributed by atoms with Gasteiger partial charge in [0.1, 0.15) is 5.82 Å². The first-order valence-corrected chi connectivity index (χ1v) is 5.49. The summed E-state index contributed by atoms with van der Waals surface area (Å²) in [7, 11) is 0. The Bertz CT molecular complexity index is 395. The fraction of sp³-hybridized carbons (Fsp3) is 0.636. The lowest BCUT2D eigenvalue weighted by Gasteiger charge is -2.08. The van der Waals surface area contributed by atoms with E-state index >= 15 is 0 Å². The topological polar surface area (TPSA) is 71.8 Å². The lowest BCUT2D eigenvalue weighted by atomic mass is 10.1. The van der Waals surface area contributed by atoms with Gasteiger partial charge >= 0.3 is 0 Å². The molecule has 2 rings (SSSR count). The van der Waals surface area contributed by atoms with Gasteiger partial charge in [0, 0.05) is 17.7 Å². The molecule has 4 heteroatoms. The summed E-state index contributed by atoms with van der Waals surface area (Å²) in [6.45, 7) is 2.70. The number of hydrogen-bond donors (Lipinski definition) is 2. The zero-order valence-corrected chi connectivity index (χ0v) is 8.99. The minimum absolute atomic E-state index is 0.0360. The molecule has 1 fully saturated rings. The van der Waals surface area contributed by atoms with Crippen LogP contribution in [0.1, 0.15) is 37.2 Å². The van der Waals surface area contributed by atoms with E-state index in [1.807, 2.05) is 0 Å². The van der Waals surface area contributed by atoms with E-state index in [0.717, 1.165) is 30.8 Å². The van der Waals surface area contributed by atoms with Gasteiger partial charge in [-0.15, -0.1) is 0 Å². The van der Waals surface area contributed by atoms with E-state index in [0.29, 0.717) is 18.4 Å². The Labute approximate surface area is 88.9 Å². The molecule has 1 unspecified atom stereocenters. The van der Waals surface area contributed by atoms with Crippen LogP contribution in [0.15, 0.2) is 10.9 Å². The van der Waals surface area contributed by atoms with E-state index in [4.69, 9.17) is 5.73 Å². The minimum atomic E-state index is -0.0360. The third-order valence-corrected chi connectivity index (χ3v) is 2.74. The summed E-state index contributed by atoms with van der Waals surface area (Å²) in [6.07, 6.45) is 3.10. The molecule has 3 N–H and O–H groups in total. The van der Waals surface area contributed by atoms with Crippen LogP contribution >= 0.6 is 0 Å². The van der Waals surface area contributed by atoms with Crippen molar-refractivity contribution in [3.8, 4) is 0 Å². The molecule has 82 valence electrons. The smallest absolute Gasteiger partial charge is 0.251 e. The molecule has 0 aliphatic heterocycles. The predicted octanol–water partition coefficient (Wildman–Crippen LogP) is 0.785. The van der Waals surface area contributed by atoms with Gasteiger partial charge in [0.05, 0.1) is 0 Å². The second kappa shape index (κ2) is 4.14. The summed E-state index contributed by atoms with van der Waals surface area (Å²) in [5.41, 5.74) is 6.39. The molecule has 0 radical (unpaired) electrons. The van der Waals surface area contributed by atoms with E-state index in [1.165, 1.54) is 0 Å². The van der Waals surface area contributed by atoms with Crippen molar-refractivity contribution in [2.75, 3.05) is 6.54 Å². The quantitative estimate of drug-likeness (QED) is 0.766. The summed E-state index contributed by atoms with van der Waals surface area (Å²) >= 11 is 0. The van der Waals surface area contributed by atoms with Crippen LogP contribution < -0.4 is 11.3 Å². The minimum Gasteiger partial charge on any atom is -0.330 e. The lowest BCUT2D eigenvalue weighted by molar-refractivity contribution is 0.580. The highest BCUT2D eigenvalue weighted by Crippen LogP contribution is 2.37. The first-order chi connectivity index (χ1) is 7.19. The van der Waals surface area contributed by atoms with E-state index in [1.54, 1.807) is 6.07 Å². The van der Waals surface area contributed by atoms with E-state index in [2.05, 4.69) is 16.9 Å². The number of aromatic nitrogens is 2. The molecule has 0 aromatic carbocycles. The van der Waals surface area contributed by atoms with Gasteiger partial charge in [-0.1, -0.05) is 6.92 Å². The number of rotatable bonds is 4. The molecule has 1 atom stereocenters. The van der Waals surface area contributed by atoms with Crippen LogP contribution in [0.5, 0.6) is 0 Å². The third kappa shape index (κ3) is 2.65. The first-order valence-electron chi connectivity index (χ1n) is 5.49. The fourth-order valence-electron chi connectivity index (χ4n) is 1.62. The van der Waals surface area contributed by atoms with Crippen molar-refractivity contribution in [3.05, 3.63) is 27.9 Å². The summed E-state index contributed by atoms with van der Waals surface area (Å²) in [4.78, 5) is 18.7. The molecular formula is C11H17N3O. The molecular weight excluding hydrogens is 190 g/mol. The van der Waals surface area contributed by atoms with Gasteiger partial charge in [0.15, 0.2) is 0 Å². The second-order valence-corrected chi connectivity index (χ2v) is 4.44. The highest BCUT2D eigenvalue weighted by atomic mass is 16.1. The van der Waals surface area contributed by atoms with Crippen molar-refractivity contribution >= 4 is 0 Å². The monoisotopic (exact) mass is 207 g/mol. The van der Waals surface area contributed by atoms with Gasteiger partial charge in [-0.25, -0.2) is 4.98 Å². The van der Waals surface area contributed by atoms with Gasteiger partial charge in [-0.2, -0.15) is 0 Å². The molecule has 1 aromatic rings. The molecule has 1 aliphatic rings. The largest absolute Gasteiger partial charge is 0.330 e. The van der Waals surface area contributed by atoms with Crippen molar-refractivity contribution in [2.24, 2.45) is 11.7 Å². The molecule has 0 spiro atoms. The second-order valence-electron chi connectivity index (χ2n) is 4.44. The van der Waals surface area contributed by atoms with Crippen molar-refractivity contribution < 1.29 is 0 Å². The number of aromatic amines is 1. The molecule has 15 heavy (non-hydrogen) atoms. The van der Waals surface area contributed by atoms with Gasteiger partial charge in [0.2, 0.25) is 0 Å². The summed E-state index contributed by atoms with van der Waals surface area (Å²) in [5, 5.41) is 0. The number of nitrogens with two attached hydrogens (primary N) is 1. The zero-order valence-electron chi connectivity index (χ0n) is 8.99. The SMILES string of the molecule is CC(CN)Cc1cc(=O)[nH]c(C2CC2)n1. The first kappa shape index (κ1) is 10.4. The Kier molecular flexibility index (Phi) is 2.86. The average molecular weight is 207 g/mol. The number of H-pyrrole nitrogens is 1. The molecule has 0 amide bonds. The van der Waals surface area contributed by atoms with E-state index in [9.17, 15) is 4.79 Å². The maximum absolute atomic E-state index is 11.4. The van der Waals surface area contributed by atoms with E-state index < -0.39 is 0 Å². The van der Waals surface area contributed by atoms with Gasteiger partial charge < -0.3 is 10.7 Å².